The van der Waals surface area contributed by atoms with E-state index in [-0.39, 0.29) is 4.90 Å². The van der Waals surface area contributed by atoms with Crippen molar-refractivity contribution in [2.24, 2.45) is 0 Å². The van der Waals surface area contributed by atoms with Gasteiger partial charge in [-0.2, -0.15) is 0 Å². The molecule has 7 heteroatoms. The second-order valence-corrected chi connectivity index (χ2v) is 7.37. The third kappa shape index (κ3) is 3.12. The highest BCUT2D eigenvalue weighted by Gasteiger charge is 2.19. The Morgan fingerprint density at radius 1 is 1.21 bits per heavy atom. The summed E-state index contributed by atoms with van der Waals surface area (Å²) in [5, 5.41) is 0. The number of sulfonamides is 1. The first-order chi connectivity index (χ1) is 11.4. The fourth-order valence-corrected chi connectivity index (χ4v) is 3.79. The minimum Gasteiger partial charge on any atom is -0.496 e. The third-order valence-electron chi connectivity index (χ3n) is 3.98. The van der Waals surface area contributed by atoms with E-state index < -0.39 is 10.0 Å². The van der Waals surface area contributed by atoms with Crippen LogP contribution in [-0.2, 0) is 10.0 Å². The average molecular weight is 348 g/mol. The van der Waals surface area contributed by atoms with Gasteiger partial charge < -0.3 is 14.4 Å². The first kappa shape index (κ1) is 16.4. The van der Waals surface area contributed by atoms with E-state index in [1.807, 2.05) is 13.1 Å². The Hall–Kier alpha value is -2.41. The molecule has 3 rings (SSSR count). The van der Waals surface area contributed by atoms with E-state index in [4.69, 9.17) is 9.47 Å². The molecule has 2 aromatic rings. The summed E-state index contributed by atoms with van der Waals surface area (Å²) in [5.74, 6) is 1.33. The van der Waals surface area contributed by atoms with E-state index in [0.29, 0.717) is 23.8 Å². The second-order valence-electron chi connectivity index (χ2n) is 5.69. The molecule has 0 aromatic heterocycles. The van der Waals surface area contributed by atoms with Gasteiger partial charge in [0.15, 0.2) is 0 Å². The van der Waals surface area contributed by atoms with Gasteiger partial charge in [0.25, 0.3) is 10.0 Å². The summed E-state index contributed by atoms with van der Waals surface area (Å²) in [6, 6.07) is 10.1. The molecule has 0 radical (unpaired) electrons. The minimum absolute atomic E-state index is 0.191. The van der Waals surface area contributed by atoms with Crippen molar-refractivity contribution in [3.05, 3.63) is 42.0 Å². The van der Waals surface area contributed by atoms with Crippen LogP contribution < -0.4 is 19.1 Å². The van der Waals surface area contributed by atoms with Crippen molar-refractivity contribution < 1.29 is 17.9 Å². The summed E-state index contributed by atoms with van der Waals surface area (Å²) in [4.78, 5) is 2.26. The Kier molecular flexibility index (Phi) is 4.28. The lowest BCUT2D eigenvalue weighted by Gasteiger charge is -2.28. The van der Waals surface area contributed by atoms with Gasteiger partial charge in [-0.3, -0.25) is 4.72 Å². The number of aryl methyl sites for hydroxylation is 1. The monoisotopic (exact) mass is 348 g/mol. The van der Waals surface area contributed by atoms with Crippen LogP contribution in [0, 0.1) is 6.92 Å². The number of hydrogen-bond acceptors (Lipinski definition) is 5. The SMILES string of the molecule is COc1ccc(S(=O)(=O)Nc2ccc3c(c2)OCCN3C)cc1C. The Morgan fingerprint density at radius 3 is 2.71 bits per heavy atom. The maximum atomic E-state index is 12.6. The Balaban J connectivity index is 1.88. The van der Waals surface area contributed by atoms with Crippen molar-refractivity contribution in [3.8, 4) is 11.5 Å². The summed E-state index contributed by atoms with van der Waals surface area (Å²) in [5.41, 5.74) is 2.18. The zero-order valence-electron chi connectivity index (χ0n) is 13.9. The topological polar surface area (TPSA) is 67.9 Å². The summed E-state index contributed by atoms with van der Waals surface area (Å²) in [6.45, 7) is 3.20. The fourth-order valence-electron chi connectivity index (χ4n) is 2.65. The molecule has 1 heterocycles. The zero-order chi connectivity index (χ0) is 17.3. The summed E-state index contributed by atoms with van der Waals surface area (Å²) in [7, 11) is -0.144. The van der Waals surface area contributed by atoms with Crippen molar-refractivity contribution in [2.75, 3.05) is 36.9 Å². The van der Waals surface area contributed by atoms with Gasteiger partial charge in [0.05, 0.1) is 29.9 Å². The molecule has 0 spiro atoms. The summed E-state index contributed by atoms with van der Waals surface area (Å²) >= 11 is 0. The maximum Gasteiger partial charge on any atom is 0.261 e. The number of nitrogens with zero attached hydrogens (tertiary/aromatic N) is 1. The van der Waals surface area contributed by atoms with Crippen LogP contribution in [0.15, 0.2) is 41.3 Å². The lowest BCUT2D eigenvalue weighted by Crippen LogP contribution is -2.28. The van der Waals surface area contributed by atoms with E-state index in [2.05, 4.69) is 9.62 Å². The molecule has 24 heavy (non-hydrogen) atoms. The van der Waals surface area contributed by atoms with Crippen molar-refractivity contribution in [1.82, 2.24) is 0 Å². The molecule has 0 atom stereocenters. The molecule has 1 aliphatic rings. The van der Waals surface area contributed by atoms with Crippen LogP contribution >= 0.6 is 0 Å². The smallest absolute Gasteiger partial charge is 0.261 e. The number of nitrogens with one attached hydrogen (secondary N) is 1. The largest absolute Gasteiger partial charge is 0.496 e. The van der Waals surface area contributed by atoms with E-state index >= 15 is 0 Å². The molecule has 128 valence electrons. The Bertz CT molecular complexity index is 865. The molecular weight excluding hydrogens is 328 g/mol. The highest BCUT2D eigenvalue weighted by atomic mass is 32.2. The first-order valence-electron chi connectivity index (χ1n) is 7.56. The molecule has 0 saturated carbocycles. The van der Waals surface area contributed by atoms with Gasteiger partial charge in [-0.15, -0.1) is 0 Å². The van der Waals surface area contributed by atoms with E-state index in [0.717, 1.165) is 17.8 Å². The number of anilines is 2. The quantitative estimate of drug-likeness (QED) is 0.920. The zero-order valence-corrected chi connectivity index (χ0v) is 14.7. The molecule has 0 saturated heterocycles. The van der Waals surface area contributed by atoms with Crippen LogP contribution in [0.3, 0.4) is 0 Å². The summed E-state index contributed by atoms with van der Waals surface area (Å²) < 4.78 is 38.5. The van der Waals surface area contributed by atoms with Crippen LogP contribution in [0.4, 0.5) is 11.4 Å². The minimum atomic E-state index is -3.68. The average Bonchev–Trinajstić information content (AvgIpc) is 2.54. The van der Waals surface area contributed by atoms with Crippen LogP contribution in [0.25, 0.3) is 0 Å². The lowest BCUT2D eigenvalue weighted by molar-refractivity contribution is 0.311. The van der Waals surface area contributed by atoms with E-state index in [1.54, 1.807) is 38.3 Å². The number of likely N-dealkylation sites (N-methyl/N-ethyl adjacent to an activating group) is 1. The van der Waals surface area contributed by atoms with Crippen LogP contribution in [0.1, 0.15) is 5.56 Å². The van der Waals surface area contributed by atoms with E-state index in [9.17, 15) is 8.42 Å². The van der Waals surface area contributed by atoms with Crippen LogP contribution in [-0.4, -0.2) is 35.7 Å². The normalized spacial score (nSPS) is 13.9. The molecule has 0 fully saturated rings. The molecule has 0 unspecified atom stereocenters. The molecule has 1 aliphatic heterocycles. The molecule has 0 aliphatic carbocycles. The molecule has 1 N–H and O–H groups in total. The number of hydrogen-bond donors (Lipinski definition) is 1. The fraction of sp³-hybridized carbons (Fsp3) is 0.294. The molecule has 0 amide bonds. The van der Waals surface area contributed by atoms with Gasteiger partial charge in [0.2, 0.25) is 0 Å². The van der Waals surface area contributed by atoms with Gasteiger partial charge in [0.1, 0.15) is 18.1 Å². The van der Waals surface area contributed by atoms with Gasteiger partial charge in [-0.25, -0.2) is 8.42 Å². The van der Waals surface area contributed by atoms with Crippen LogP contribution in [0.5, 0.6) is 11.5 Å². The van der Waals surface area contributed by atoms with Crippen LogP contribution in [0.2, 0.25) is 0 Å². The third-order valence-corrected chi connectivity index (χ3v) is 5.36. The van der Waals surface area contributed by atoms with Crippen molar-refractivity contribution >= 4 is 21.4 Å². The first-order valence-corrected chi connectivity index (χ1v) is 9.04. The molecule has 2 aromatic carbocycles. The second kappa shape index (κ2) is 6.24. The predicted octanol–water partition coefficient (Wildman–Crippen LogP) is 2.63. The van der Waals surface area contributed by atoms with Gasteiger partial charge in [-0.1, -0.05) is 0 Å². The Labute approximate surface area is 142 Å². The Morgan fingerprint density at radius 2 is 2.00 bits per heavy atom. The summed E-state index contributed by atoms with van der Waals surface area (Å²) in [6.07, 6.45) is 0. The van der Waals surface area contributed by atoms with Crippen molar-refractivity contribution in [1.29, 1.82) is 0 Å². The highest BCUT2D eigenvalue weighted by Crippen LogP contribution is 2.34. The van der Waals surface area contributed by atoms with Crippen molar-refractivity contribution in [2.45, 2.75) is 11.8 Å². The molecular formula is C17H20N2O4S. The number of ether oxygens (including phenoxy) is 2. The van der Waals surface area contributed by atoms with E-state index in [1.165, 1.54) is 6.07 Å². The highest BCUT2D eigenvalue weighted by molar-refractivity contribution is 7.92. The standard InChI is InChI=1S/C17H20N2O4S/c1-12-10-14(5-7-16(12)22-3)24(20,21)18-13-4-6-15-17(11-13)23-9-8-19(15)2/h4-7,10-11,18H,8-9H2,1-3H3. The maximum absolute atomic E-state index is 12.6. The molecule has 0 bridgehead atoms. The number of methoxy groups -OCH3 is 1. The number of fused-ring (bicyclic) bond motifs is 1. The van der Waals surface area contributed by atoms with Gasteiger partial charge >= 0.3 is 0 Å². The number of benzene rings is 2. The van der Waals surface area contributed by atoms with Gasteiger partial charge in [0, 0.05) is 13.1 Å². The lowest BCUT2D eigenvalue weighted by atomic mass is 10.2. The van der Waals surface area contributed by atoms with Gasteiger partial charge in [-0.05, 0) is 42.8 Å². The van der Waals surface area contributed by atoms with Crippen molar-refractivity contribution in [3.63, 3.8) is 0 Å². The number of rotatable bonds is 4. The molecule has 6 nitrogen and oxygen atoms in total. The predicted molar refractivity (Wildman–Crippen MR) is 93.7 cm³/mol.